The average Bonchev–Trinajstić information content (AvgIpc) is 3.21. The van der Waals surface area contributed by atoms with Gasteiger partial charge in [0.1, 0.15) is 11.8 Å². The van der Waals surface area contributed by atoms with Crippen molar-refractivity contribution in [1.82, 2.24) is 25.3 Å². The highest BCUT2D eigenvalue weighted by molar-refractivity contribution is 5.92. The fourth-order valence-electron chi connectivity index (χ4n) is 3.02. The standard InChI is InChI=1S/C16H23N5O2/c1-3-12-9-13(20-19-12)16(22)17-10-11-5-4-8-23-15(11)14-6-7-18-21(14)2/h6-7,9,11,15H,3-5,8,10H2,1-2H3,(H,17,22)(H,19,20)/t11-,15+/m0/s1. The van der Waals surface area contributed by atoms with Crippen LogP contribution >= 0.6 is 0 Å². The number of nitrogens with zero attached hydrogens (tertiary/aromatic N) is 3. The molecular formula is C16H23N5O2. The highest BCUT2D eigenvalue weighted by atomic mass is 16.5. The Balaban J connectivity index is 1.63. The second kappa shape index (κ2) is 6.95. The molecule has 1 saturated heterocycles. The van der Waals surface area contributed by atoms with Gasteiger partial charge in [-0.15, -0.1) is 0 Å². The summed E-state index contributed by atoms with van der Waals surface area (Å²) >= 11 is 0. The minimum absolute atomic E-state index is 0.0260. The lowest BCUT2D eigenvalue weighted by molar-refractivity contribution is -0.0317. The smallest absolute Gasteiger partial charge is 0.271 e. The van der Waals surface area contributed by atoms with Crippen LogP contribution in [-0.2, 0) is 18.2 Å². The molecule has 0 bridgehead atoms. The van der Waals surface area contributed by atoms with Crippen molar-refractivity contribution < 1.29 is 9.53 Å². The number of hydrogen-bond donors (Lipinski definition) is 2. The van der Waals surface area contributed by atoms with Crippen molar-refractivity contribution in [3.63, 3.8) is 0 Å². The van der Waals surface area contributed by atoms with Crippen molar-refractivity contribution in [1.29, 1.82) is 0 Å². The van der Waals surface area contributed by atoms with Crippen LogP contribution in [0.25, 0.3) is 0 Å². The number of nitrogens with one attached hydrogen (secondary N) is 2. The summed E-state index contributed by atoms with van der Waals surface area (Å²) < 4.78 is 7.78. The molecular weight excluding hydrogens is 294 g/mol. The van der Waals surface area contributed by atoms with Gasteiger partial charge in [-0.3, -0.25) is 14.6 Å². The van der Waals surface area contributed by atoms with Crippen molar-refractivity contribution in [3.05, 3.63) is 35.4 Å². The molecule has 1 amide bonds. The lowest BCUT2D eigenvalue weighted by Crippen LogP contribution is -2.35. The van der Waals surface area contributed by atoms with Crippen molar-refractivity contribution in [2.24, 2.45) is 13.0 Å². The Bertz CT molecular complexity index is 663. The molecule has 0 saturated carbocycles. The maximum atomic E-state index is 12.2. The third-order valence-corrected chi connectivity index (χ3v) is 4.36. The Labute approximate surface area is 135 Å². The Morgan fingerprint density at radius 1 is 1.57 bits per heavy atom. The minimum Gasteiger partial charge on any atom is -0.372 e. The van der Waals surface area contributed by atoms with Crippen LogP contribution in [0.15, 0.2) is 18.3 Å². The van der Waals surface area contributed by atoms with Gasteiger partial charge in [-0.2, -0.15) is 10.2 Å². The molecule has 0 spiro atoms. The SMILES string of the molecule is CCc1cc(C(=O)NC[C@@H]2CCCO[C@H]2c2ccnn2C)n[nH]1. The lowest BCUT2D eigenvalue weighted by atomic mass is 9.92. The van der Waals surface area contributed by atoms with Gasteiger partial charge in [0.2, 0.25) is 0 Å². The number of carbonyl (C=O) groups excluding carboxylic acids is 1. The number of aryl methyl sites for hydroxylation is 2. The number of ether oxygens (including phenoxy) is 1. The van der Waals surface area contributed by atoms with Crippen LogP contribution in [0.1, 0.15) is 47.7 Å². The number of H-pyrrole nitrogens is 1. The van der Waals surface area contributed by atoms with E-state index in [1.54, 1.807) is 12.3 Å². The van der Waals surface area contributed by atoms with Gasteiger partial charge in [0.25, 0.3) is 5.91 Å². The summed E-state index contributed by atoms with van der Waals surface area (Å²) in [5, 5.41) is 14.1. The van der Waals surface area contributed by atoms with E-state index in [4.69, 9.17) is 4.74 Å². The Hall–Kier alpha value is -2.15. The molecule has 2 N–H and O–H groups in total. The monoisotopic (exact) mass is 317 g/mol. The predicted molar refractivity (Wildman–Crippen MR) is 84.9 cm³/mol. The van der Waals surface area contributed by atoms with E-state index in [1.165, 1.54) is 0 Å². The molecule has 1 aliphatic heterocycles. The van der Waals surface area contributed by atoms with E-state index >= 15 is 0 Å². The number of amides is 1. The van der Waals surface area contributed by atoms with E-state index in [1.807, 2.05) is 24.7 Å². The third-order valence-electron chi connectivity index (χ3n) is 4.36. The molecule has 7 nitrogen and oxygen atoms in total. The van der Waals surface area contributed by atoms with Gasteiger partial charge in [-0.25, -0.2) is 0 Å². The van der Waals surface area contributed by atoms with Crippen LogP contribution in [-0.4, -0.2) is 39.0 Å². The van der Waals surface area contributed by atoms with Crippen molar-refractivity contribution >= 4 is 5.91 Å². The molecule has 0 aromatic carbocycles. The van der Waals surface area contributed by atoms with Gasteiger partial charge >= 0.3 is 0 Å². The van der Waals surface area contributed by atoms with E-state index in [2.05, 4.69) is 20.6 Å². The van der Waals surface area contributed by atoms with E-state index in [9.17, 15) is 4.79 Å². The van der Waals surface area contributed by atoms with Crippen LogP contribution in [0.4, 0.5) is 0 Å². The molecule has 1 aliphatic rings. The first kappa shape index (κ1) is 15.7. The quantitative estimate of drug-likeness (QED) is 0.877. The Morgan fingerprint density at radius 2 is 2.43 bits per heavy atom. The highest BCUT2D eigenvalue weighted by Crippen LogP contribution is 2.32. The first-order valence-electron chi connectivity index (χ1n) is 8.11. The van der Waals surface area contributed by atoms with Gasteiger partial charge in [0.15, 0.2) is 0 Å². The maximum absolute atomic E-state index is 12.2. The molecule has 2 atom stereocenters. The Morgan fingerprint density at radius 3 is 3.13 bits per heavy atom. The molecule has 0 aliphatic carbocycles. The number of carbonyl (C=O) groups is 1. The number of rotatable bonds is 5. The van der Waals surface area contributed by atoms with Gasteiger partial charge in [-0.05, 0) is 31.4 Å². The van der Waals surface area contributed by atoms with E-state index < -0.39 is 0 Å². The predicted octanol–water partition coefficient (Wildman–Crippen LogP) is 1.60. The average molecular weight is 317 g/mol. The first-order valence-corrected chi connectivity index (χ1v) is 8.11. The summed E-state index contributed by atoms with van der Waals surface area (Å²) in [5.74, 6) is 0.1000. The minimum atomic E-state index is -0.143. The number of aromatic nitrogens is 4. The summed E-state index contributed by atoms with van der Waals surface area (Å²) in [6.45, 7) is 3.34. The summed E-state index contributed by atoms with van der Waals surface area (Å²) in [5.41, 5.74) is 2.46. The number of aromatic amines is 1. The largest absolute Gasteiger partial charge is 0.372 e. The normalized spacial score (nSPS) is 21.3. The van der Waals surface area contributed by atoms with Gasteiger partial charge < -0.3 is 10.1 Å². The molecule has 3 heterocycles. The van der Waals surface area contributed by atoms with Crippen molar-refractivity contribution in [2.75, 3.05) is 13.2 Å². The second-order valence-electron chi connectivity index (χ2n) is 5.92. The van der Waals surface area contributed by atoms with Crippen molar-refractivity contribution in [3.8, 4) is 0 Å². The zero-order chi connectivity index (χ0) is 16.2. The van der Waals surface area contributed by atoms with Crippen LogP contribution in [0, 0.1) is 5.92 Å². The zero-order valence-corrected chi connectivity index (χ0v) is 13.6. The Kier molecular flexibility index (Phi) is 4.76. The zero-order valence-electron chi connectivity index (χ0n) is 13.6. The maximum Gasteiger partial charge on any atom is 0.271 e. The fourth-order valence-corrected chi connectivity index (χ4v) is 3.02. The van der Waals surface area contributed by atoms with Crippen LogP contribution in [0.2, 0.25) is 0 Å². The lowest BCUT2D eigenvalue weighted by Gasteiger charge is -2.31. The topological polar surface area (TPSA) is 84.8 Å². The molecule has 0 radical (unpaired) electrons. The van der Waals surface area contributed by atoms with Crippen LogP contribution in [0.5, 0.6) is 0 Å². The number of hydrogen-bond acceptors (Lipinski definition) is 4. The van der Waals surface area contributed by atoms with E-state index in [0.29, 0.717) is 12.2 Å². The summed E-state index contributed by atoms with van der Waals surface area (Å²) in [4.78, 5) is 12.2. The molecule has 2 aromatic heterocycles. The molecule has 7 heteroatoms. The van der Waals surface area contributed by atoms with Crippen LogP contribution < -0.4 is 5.32 Å². The van der Waals surface area contributed by atoms with Gasteiger partial charge in [-0.1, -0.05) is 6.92 Å². The molecule has 0 unspecified atom stereocenters. The summed E-state index contributed by atoms with van der Waals surface area (Å²) in [7, 11) is 1.92. The summed E-state index contributed by atoms with van der Waals surface area (Å²) in [6, 6.07) is 3.78. The van der Waals surface area contributed by atoms with Crippen LogP contribution in [0.3, 0.4) is 0 Å². The van der Waals surface area contributed by atoms with E-state index in [-0.39, 0.29) is 17.9 Å². The van der Waals surface area contributed by atoms with Gasteiger partial charge in [0.05, 0.1) is 5.69 Å². The highest BCUT2D eigenvalue weighted by Gasteiger charge is 2.30. The molecule has 2 aromatic rings. The van der Waals surface area contributed by atoms with Crippen molar-refractivity contribution in [2.45, 2.75) is 32.3 Å². The molecule has 3 rings (SSSR count). The van der Waals surface area contributed by atoms with E-state index in [0.717, 1.165) is 37.3 Å². The fraction of sp³-hybridized carbons (Fsp3) is 0.562. The first-order chi connectivity index (χ1) is 11.2. The third kappa shape index (κ3) is 3.44. The molecule has 124 valence electrons. The second-order valence-corrected chi connectivity index (χ2v) is 5.92. The molecule has 1 fully saturated rings. The molecule has 23 heavy (non-hydrogen) atoms. The van der Waals surface area contributed by atoms with Gasteiger partial charge in [0, 0.05) is 38.0 Å². The summed E-state index contributed by atoms with van der Waals surface area (Å²) in [6.07, 6.45) is 4.62.